The molecule has 2 nitrogen and oxygen atoms in total. The second kappa shape index (κ2) is 6.21. The monoisotopic (exact) mass is 266 g/mol. The number of hydrogen-bond donors (Lipinski definition) is 1. The molecule has 0 atom stereocenters. The summed E-state index contributed by atoms with van der Waals surface area (Å²) in [5, 5.41) is 3.40. The van der Waals surface area contributed by atoms with E-state index in [0.29, 0.717) is 0 Å². The van der Waals surface area contributed by atoms with Crippen molar-refractivity contribution in [2.45, 2.75) is 13.5 Å². The third kappa shape index (κ3) is 3.09. The normalized spacial score (nSPS) is 16.2. The van der Waals surface area contributed by atoms with Gasteiger partial charge < -0.3 is 5.32 Å². The van der Waals surface area contributed by atoms with E-state index < -0.39 is 0 Å². The Morgan fingerprint density at radius 1 is 0.950 bits per heavy atom. The molecule has 1 aliphatic heterocycles. The Balaban J connectivity index is 1.77. The summed E-state index contributed by atoms with van der Waals surface area (Å²) in [6.45, 7) is 7.83. The highest BCUT2D eigenvalue weighted by Gasteiger charge is 2.11. The first kappa shape index (κ1) is 13.3. The molecule has 0 saturated carbocycles. The van der Waals surface area contributed by atoms with Gasteiger partial charge in [-0.1, -0.05) is 48.5 Å². The number of rotatable bonds is 3. The summed E-state index contributed by atoms with van der Waals surface area (Å²) in [7, 11) is 0. The van der Waals surface area contributed by atoms with Crippen LogP contribution in [0.1, 0.15) is 11.1 Å². The Hall–Kier alpha value is -1.64. The minimum absolute atomic E-state index is 1.07. The van der Waals surface area contributed by atoms with Gasteiger partial charge in [-0.25, -0.2) is 0 Å². The SMILES string of the molecule is Cc1cc(-c2ccccc2)ccc1CN1CCNCC1. The van der Waals surface area contributed by atoms with Crippen LogP contribution in [0.4, 0.5) is 0 Å². The average Bonchev–Trinajstić information content (AvgIpc) is 2.51. The van der Waals surface area contributed by atoms with Crippen LogP contribution in [-0.4, -0.2) is 31.1 Å². The van der Waals surface area contributed by atoms with E-state index in [-0.39, 0.29) is 0 Å². The Labute approximate surface area is 121 Å². The average molecular weight is 266 g/mol. The standard InChI is InChI=1S/C18H22N2/c1-15-13-17(16-5-3-2-4-6-16)7-8-18(15)14-20-11-9-19-10-12-20/h2-8,13,19H,9-12,14H2,1H3. The number of piperazine rings is 1. The van der Waals surface area contributed by atoms with Crippen molar-refractivity contribution in [3.05, 3.63) is 59.7 Å². The van der Waals surface area contributed by atoms with Crippen LogP contribution in [0.5, 0.6) is 0 Å². The van der Waals surface area contributed by atoms with Crippen LogP contribution >= 0.6 is 0 Å². The molecule has 0 aliphatic carbocycles. The van der Waals surface area contributed by atoms with Gasteiger partial charge in [0.05, 0.1) is 0 Å². The third-order valence-electron chi connectivity index (χ3n) is 4.05. The third-order valence-corrected chi connectivity index (χ3v) is 4.05. The first-order valence-electron chi connectivity index (χ1n) is 7.41. The molecule has 2 aromatic rings. The molecular weight excluding hydrogens is 244 g/mol. The van der Waals surface area contributed by atoms with Gasteiger partial charge in [0.2, 0.25) is 0 Å². The molecule has 1 fully saturated rings. The van der Waals surface area contributed by atoms with E-state index in [2.05, 4.69) is 65.7 Å². The van der Waals surface area contributed by atoms with Crippen molar-refractivity contribution in [2.75, 3.05) is 26.2 Å². The first-order valence-corrected chi connectivity index (χ1v) is 7.41. The molecule has 0 bridgehead atoms. The van der Waals surface area contributed by atoms with Gasteiger partial charge in [-0.2, -0.15) is 0 Å². The number of hydrogen-bond acceptors (Lipinski definition) is 2. The van der Waals surface area contributed by atoms with Gasteiger partial charge in [0.15, 0.2) is 0 Å². The zero-order chi connectivity index (χ0) is 13.8. The molecule has 0 unspecified atom stereocenters. The second-order valence-corrected chi connectivity index (χ2v) is 5.53. The number of benzene rings is 2. The van der Waals surface area contributed by atoms with Crippen LogP contribution in [0.15, 0.2) is 48.5 Å². The Morgan fingerprint density at radius 3 is 2.40 bits per heavy atom. The maximum absolute atomic E-state index is 3.40. The number of aryl methyl sites for hydroxylation is 1. The predicted octanol–water partition coefficient (Wildman–Crippen LogP) is 3.07. The maximum Gasteiger partial charge on any atom is 0.0237 e. The van der Waals surface area contributed by atoms with Gasteiger partial charge in [0.25, 0.3) is 0 Å². The first-order chi connectivity index (χ1) is 9.83. The van der Waals surface area contributed by atoms with Crippen LogP contribution in [-0.2, 0) is 6.54 Å². The van der Waals surface area contributed by atoms with E-state index in [4.69, 9.17) is 0 Å². The Morgan fingerprint density at radius 2 is 1.70 bits per heavy atom. The molecule has 0 amide bonds. The van der Waals surface area contributed by atoms with Crippen molar-refractivity contribution in [2.24, 2.45) is 0 Å². The summed E-state index contributed by atoms with van der Waals surface area (Å²) < 4.78 is 0. The fraction of sp³-hybridized carbons (Fsp3) is 0.333. The van der Waals surface area contributed by atoms with Gasteiger partial charge in [-0.05, 0) is 29.2 Å². The second-order valence-electron chi connectivity index (χ2n) is 5.53. The van der Waals surface area contributed by atoms with Gasteiger partial charge >= 0.3 is 0 Å². The molecule has 0 aromatic heterocycles. The summed E-state index contributed by atoms with van der Waals surface area (Å²) in [6, 6.07) is 17.5. The minimum atomic E-state index is 1.07. The van der Waals surface area contributed by atoms with E-state index in [1.807, 2.05) is 0 Å². The smallest absolute Gasteiger partial charge is 0.0237 e. The van der Waals surface area contributed by atoms with Crippen molar-refractivity contribution in [1.82, 2.24) is 10.2 Å². The van der Waals surface area contributed by atoms with Gasteiger partial charge in [-0.15, -0.1) is 0 Å². The van der Waals surface area contributed by atoms with Crippen molar-refractivity contribution in [3.63, 3.8) is 0 Å². The Bertz CT molecular complexity index is 557. The van der Waals surface area contributed by atoms with E-state index in [9.17, 15) is 0 Å². The molecule has 104 valence electrons. The molecule has 3 rings (SSSR count). The lowest BCUT2D eigenvalue weighted by Crippen LogP contribution is -2.42. The zero-order valence-corrected chi connectivity index (χ0v) is 12.1. The van der Waals surface area contributed by atoms with Crippen LogP contribution in [0.3, 0.4) is 0 Å². The van der Waals surface area contributed by atoms with E-state index >= 15 is 0 Å². The molecule has 20 heavy (non-hydrogen) atoms. The summed E-state index contributed by atoms with van der Waals surface area (Å²) in [6.07, 6.45) is 0. The van der Waals surface area contributed by atoms with Crippen molar-refractivity contribution < 1.29 is 0 Å². The number of nitrogens with zero attached hydrogens (tertiary/aromatic N) is 1. The van der Waals surface area contributed by atoms with Crippen molar-refractivity contribution in [1.29, 1.82) is 0 Å². The summed E-state index contributed by atoms with van der Waals surface area (Å²) >= 11 is 0. The predicted molar refractivity (Wildman–Crippen MR) is 84.8 cm³/mol. The summed E-state index contributed by atoms with van der Waals surface area (Å²) in [4.78, 5) is 2.53. The Kier molecular flexibility index (Phi) is 4.14. The van der Waals surface area contributed by atoms with Gasteiger partial charge in [-0.3, -0.25) is 4.90 Å². The topological polar surface area (TPSA) is 15.3 Å². The molecule has 1 heterocycles. The molecule has 1 saturated heterocycles. The zero-order valence-electron chi connectivity index (χ0n) is 12.1. The lowest BCUT2D eigenvalue weighted by Gasteiger charge is -2.27. The maximum atomic E-state index is 3.40. The largest absolute Gasteiger partial charge is 0.314 e. The van der Waals surface area contributed by atoms with E-state index in [0.717, 1.165) is 32.7 Å². The summed E-state index contributed by atoms with van der Waals surface area (Å²) in [5.74, 6) is 0. The van der Waals surface area contributed by atoms with E-state index in [1.54, 1.807) is 0 Å². The van der Waals surface area contributed by atoms with Gasteiger partial charge in [0.1, 0.15) is 0 Å². The summed E-state index contributed by atoms with van der Waals surface area (Å²) in [5.41, 5.74) is 5.45. The molecule has 1 N–H and O–H groups in total. The van der Waals surface area contributed by atoms with Gasteiger partial charge in [0, 0.05) is 32.7 Å². The van der Waals surface area contributed by atoms with Crippen molar-refractivity contribution in [3.8, 4) is 11.1 Å². The molecule has 0 spiro atoms. The molecule has 2 aromatic carbocycles. The molecule has 0 radical (unpaired) electrons. The molecule has 1 aliphatic rings. The van der Waals surface area contributed by atoms with Crippen LogP contribution < -0.4 is 5.32 Å². The highest BCUT2D eigenvalue weighted by Crippen LogP contribution is 2.22. The lowest BCUT2D eigenvalue weighted by atomic mass is 9.99. The lowest BCUT2D eigenvalue weighted by molar-refractivity contribution is 0.233. The fourth-order valence-corrected chi connectivity index (χ4v) is 2.79. The van der Waals surface area contributed by atoms with Crippen LogP contribution in [0.2, 0.25) is 0 Å². The van der Waals surface area contributed by atoms with Crippen LogP contribution in [0, 0.1) is 6.92 Å². The molecular formula is C18H22N2. The molecule has 2 heteroatoms. The van der Waals surface area contributed by atoms with Crippen molar-refractivity contribution >= 4 is 0 Å². The minimum Gasteiger partial charge on any atom is -0.314 e. The fourth-order valence-electron chi connectivity index (χ4n) is 2.79. The quantitative estimate of drug-likeness (QED) is 0.918. The highest BCUT2D eigenvalue weighted by atomic mass is 15.2. The van der Waals surface area contributed by atoms with Crippen LogP contribution in [0.25, 0.3) is 11.1 Å². The highest BCUT2D eigenvalue weighted by molar-refractivity contribution is 5.64. The van der Waals surface area contributed by atoms with E-state index in [1.165, 1.54) is 22.3 Å². The number of nitrogens with one attached hydrogen (secondary N) is 1.